The van der Waals surface area contributed by atoms with Gasteiger partial charge in [-0.2, -0.15) is 13.2 Å². The molecule has 0 bridgehead atoms. The van der Waals surface area contributed by atoms with Crippen molar-refractivity contribution in [3.63, 3.8) is 0 Å². The van der Waals surface area contributed by atoms with Crippen LogP contribution in [0.25, 0.3) is 0 Å². The Balaban J connectivity index is 1.13. The van der Waals surface area contributed by atoms with Crippen molar-refractivity contribution >= 4 is 11.6 Å². The number of nitrogens with two attached hydrogens (primary N) is 1. The molecule has 1 atom stereocenters. The fraction of sp³-hybridized carbons (Fsp3) is 0.472. The molecule has 0 radical (unpaired) electrons. The number of primary amides is 1. The normalized spacial score (nSPS) is 21.5. The van der Waals surface area contributed by atoms with Crippen LogP contribution in [0.15, 0.2) is 72.8 Å². The molecule has 3 aromatic carbocycles. The predicted molar refractivity (Wildman–Crippen MR) is 169 cm³/mol. The van der Waals surface area contributed by atoms with Gasteiger partial charge in [-0.3, -0.25) is 14.6 Å². The third-order valence-electron chi connectivity index (χ3n) is 10.3. The van der Waals surface area contributed by atoms with Gasteiger partial charge in [0.05, 0.1) is 5.56 Å². The Morgan fingerprint density at radius 2 is 1.57 bits per heavy atom. The molecule has 2 saturated heterocycles. The summed E-state index contributed by atoms with van der Waals surface area (Å²) in [5.74, 6) is 0.0110. The molecule has 1 amide bonds. The SMILES string of the molecule is CC(C)c1ccccc1C1CN(Cc2ccc(C(F)(F)F)cc2)CCN1C1CC2(CCN(c3ccc(C(N)=O)cc3)CC2)C1. The van der Waals surface area contributed by atoms with Gasteiger partial charge in [0.2, 0.25) is 5.91 Å². The van der Waals surface area contributed by atoms with Crippen LogP contribution in [-0.2, 0) is 12.7 Å². The number of halogens is 3. The molecule has 3 aliphatic rings. The second-order valence-electron chi connectivity index (χ2n) is 13.4. The molecule has 1 spiro atoms. The lowest BCUT2D eigenvalue weighted by atomic mass is 9.59. The van der Waals surface area contributed by atoms with Gasteiger partial charge in [-0.15, -0.1) is 0 Å². The highest BCUT2D eigenvalue weighted by Crippen LogP contribution is 2.53. The number of nitrogens with zero attached hydrogens (tertiary/aromatic N) is 3. The van der Waals surface area contributed by atoms with Gasteiger partial charge >= 0.3 is 6.18 Å². The number of carbonyl (C=O) groups excluding carboxylic acids is 1. The molecule has 5 nitrogen and oxygen atoms in total. The van der Waals surface area contributed by atoms with E-state index >= 15 is 0 Å². The average Bonchev–Trinajstić information content (AvgIpc) is 3.00. The van der Waals surface area contributed by atoms with Gasteiger partial charge in [-0.05, 0) is 90.1 Å². The summed E-state index contributed by atoms with van der Waals surface area (Å²) in [5.41, 5.74) is 10.6. The molecule has 44 heavy (non-hydrogen) atoms. The Labute approximate surface area is 258 Å². The largest absolute Gasteiger partial charge is 0.416 e. The number of benzene rings is 3. The number of alkyl halides is 3. The van der Waals surface area contributed by atoms with Crippen LogP contribution in [0, 0.1) is 5.41 Å². The minimum Gasteiger partial charge on any atom is -0.371 e. The zero-order valence-electron chi connectivity index (χ0n) is 25.7. The molecule has 6 rings (SSSR count). The van der Waals surface area contributed by atoms with Gasteiger partial charge in [0.15, 0.2) is 0 Å². The van der Waals surface area contributed by atoms with Crippen LogP contribution in [0.4, 0.5) is 18.9 Å². The third kappa shape index (κ3) is 6.38. The molecular formula is C36H43F3N4O. The number of piperidine rings is 1. The number of anilines is 1. The molecule has 1 aliphatic carbocycles. The summed E-state index contributed by atoms with van der Waals surface area (Å²) >= 11 is 0. The van der Waals surface area contributed by atoms with Gasteiger partial charge in [0, 0.05) is 62.6 Å². The molecule has 3 aromatic rings. The standard InChI is InChI=1S/C36H43F3N4O/c1-25(2)31-5-3-4-6-32(31)33-24-41(23-26-7-11-28(12-8-26)36(37,38)39)19-20-43(33)30-21-35(22-30)15-17-42(18-16-35)29-13-9-27(10-14-29)34(40)44/h3-14,25,30,33H,15-24H2,1-2H3,(H2,40,44). The molecule has 0 aromatic heterocycles. The Kier molecular flexibility index (Phi) is 8.50. The highest BCUT2D eigenvalue weighted by molar-refractivity contribution is 5.93. The van der Waals surface area contributed by atoms with Crippen LogP contribution >= 0.6 is 0 Å². The van der Waals surface area contributed by atoms with Crippen molar-refractivity contribution in [1.82, 2.24) is 9.80 Å². The van der Waals surface area contributed by atoms with Crippen molar-refractivity contribution in [2.45, 2.75) is 70.3 Å². The van der Waals surface area contributed by atoms with Crippen LogP contribution in [-0.4, -0.2) is 54.5 Å². The minimum atomic E-state index is -4.32. The van der Waals surface area contributed by atoms with Gasteiger partial charge < -0.3 is 10.6 Å². The second kappa shape index (κ2) is 12.2. The van der Waals surface area contributed by atoms with E-state index in [1.165, 1.54) is 48.9 Å². The van der Waals surface area contributed by atoms with Crippen LogP contribution < -0.4 is 10.6 Å². The average molecular weight is 605 g/mol. The van der Waals surface area contributed by atoms with E-state index in [4.69, 9.17) is 5.73 Å². The Morgan fingerprint density at radius 1 is 0.909 bits per heavy atom. The number of carbonyl (C=O) groups is 1. The molecule has 1 unspecified atom stereocenters. The van der Waals surface area contributed by atoms with E-state index in [0.717, 1.165) is 44.0 Å². The van der Waals surface area contributed by atoms with Crippen LogP contribution in [0.3, 0.4) is 0 Å². The molecule has 234 valence electrons. The number of hydrogen-bond acceptors (Lipinski definition) is 4. The lowest BCUT2D eigenvalue weighted by Gasteiger charge is -2.58. The lowest BCUT2D eigenvalue weighted by Crippen LogP contribution is -2.60. The number of hydrogen-bond donors (Lipinski definition) is 1. The summed E-state index contributed by atoms with van der Waals surface area (Å²) in [6.45, 7) is 9.91. The first kappa shape index (κ1) is 30.7. The molecular weight excluding hydrogens is 561 g/mol. The lowest BCUT2D eigenvalue weighted by molar-refractivity contribution is -0.137. The fourth-order valence-corrected chi connectivity index (χ4v) is 7.77. The van der Waals surface area contributed by atoms with E-state index in [1.807, 2.05) is 24.3 Å². The summed E-state index contributed by atoms with van der Waals surface area (Å²) in [6.07, 6.45) is 0.441. The van der Waals surface area contributed by atoms with Crippen LogP contribution in [0.1, 0.15) is 84.1 Å². The molecule has 1 saturated carbocycles. The van der Waals surface area contributed by atoms with Crippen molar-refractivity contribution in [1.29, 1.82) is 0 Å². The van der Waals surface area contributed by atoms with Crippen LogP contribution in [0.5, 0.6) is 0 Å². The van der Waals surface area contributed by atoms with Crippen molar-refractivity contribution in [3.05, 3.63) is 101 Å². The van der Waals surface area contributed by atoms with Gasteiger partial charge in [0.1, 0.15) is 0 Å². The maximum absolute atomic E-state index is 13.1. The third-order valence-corrected chi connectivity index (χ3v) is 10.3. The molecule has 2 N–H and O–H groups in total. The van der Waals surface area contributed by atoms with Gasteiger partial charge in [-0.25, -0.2) is 0 Å². The monoisotopic (exact) mass is 604 g/mol. The van der Waals surface area contributed by atoms with Gasteiger partial charge in [-0.1, -0.05) is 50.2 Å². The molecule has 8 heteroatoms. The van der Waals surface area contributed by atoms with Crippen molar-refractivity contribution in [2.75, 3.05) is 37.6 Å². The number of rotatable bonds is 7. The Bertz CT molecular complexity index is 1440. The van der Waals surface area contributed by atoms with E-state index in [-0.39, 0.29) is 6.04 Å². The summed E-state index contributed by atoms with van der Waals surface area (Å²) in [7, 11) is 0. The van der Waals surface area contributed by atoms with E-state index in [2.05, 4.69) is 52.8 Å². The maximum Gasteiger partial charge on any atom is 0.416 e. The first-order chi connectivity index (χ1) is 21.0. The van der Waals surface area contributed by atoms with Crippen LogP contribution in [0.2, 0.25) is 0 Å². The van der Waals surface area contributed by atoms with Crippen molar-refractivity contribution < 1.29 is 18.0 Å². The summed E-state index contributed by atoms with van der Waals surface area (Å²) < 4.78 is 39.3. The summed E-state index contributed by atoms with van der Waals surface area (Å²) in [4.78, 5) is 19.0. The van der Waals surface area contributed by atoms with Gasteiger partial charge in [0.25, 0.3) is 0 Å². The topological polar surface area (TPSA) is 52.8 Å². The Morgan fingerprint density at radius 3 is 2.18 bits per heavy atom. The first-order valence-corrected chi connectivity index (χ1v) is 15.9. The Hall–Kier alpha value is -3.36. The number of piperazine rings is 1. The minimum absolute atomic E-state index is 0.253. The summed E-state index contributed by atoms with van der Waals surface area (Å²) in [5, 5.41) is 0. The van der Waals surface area contributed by atoms with E-state index in [1.54, 1.807) is 12.1 Å². The second-order valence-corrected chi connectivity index (χ2v) is 13.4. The van der Waals surface area contributed by atoms with Crippen molar-refractivity contribution in [3.8, 4) is 0 Å². The zero-order valence-corrected chi connectivity index (χ0v) is 25.7. The van der Waals surface area contributed by atoms with E-state index in [9.17, 15) is 18.0 Å². The zero-order chi connectivity index (χ0) is 31.1. The number of amides is 1. The highest BCUT2D eigenvalue weighted by Gasteiger charge is 2.50. The molecule has 2 aliphatic heterocycles. The molecule has 3 fully saturated rings. The highest BCUT2D eigenvalue weighted by atomic mass is 19.4. The van der Waals surface area contributed by atoms with E-state index < -0.39 is 17.6 Å². The summed E-state index contributed by atoms with van der Waals surface area (Å²) in [6, 6.07) is 22.9. The molecule has 2 heterocycles. The van der Waals surface area contributed by atoms with E-state index in [0.29, 0.717) is 29.5 Å². The smallest absolute Gasteiger partial charge is 0.371 e. The predicted octanol–water partition coefficient (Wildman–Crippen LogP) is 7.24. The maximum atomic E-state index is 13.1. The first-order valence-electron chi connectivity index (χ1n) is 15.9. The fourth-order valence-electron chi connectivity index (χ4n) is 7.77. The van der Waals surface area contributed by atoms with Crippen molar-refractivity contribution in [2.24, 2.45) is 11.1 Å². The quantitative estimate of drug-likeness (QED) is 0.309.